The van der Waals surface area contributed by atoms with E-state index < -0.39 is 0 Å². The lowest BCUT2D eigenvalue weighted by Gasteiger charge is -2.33. The molecule has 0 saturated heterocycles. The topological polar surface area (TPSA) is 99.9 Å². The smallest absolute Gasteiger partial charge is 0.252 e. The largest absolute Gasteiger partial charge is 0.396 e. The van der Waals surface area contributed by atoms with E-state index >= 15 is 0 Å². The fraction of sp³-hybridized carbons (Fsp3) is 0.385. The number of aromatic nitrogens is 5. The summed E-state index contributed by atoms with van der Waals surface area (Å²) in [5.74, 6) is 0.487. The Bertz CT molecular complexity index is 1330. The summed E-state index contributed by atoms with van der Waals surface area (Å²) in [4.78, 5) is 18.1. The van der Waals surface area contributed by atoms with Crippen LogP contribution >= 0.6 is 0 Å². The lowest BCUT2D eigenvalue weighted by molar-refractivity contribution is 0.122. The Morgan fingerprint density at radius 2 is 1.91 bits per heavy atom. The first-order valence-electron chi connectivity index (χ1n) is 11.8. The average molecular weight is 479 g/mol. The standard InChI is InChI=1S/C26H31FN6O2/c1-17(2)24(25-29-30-31-33(25)15-19-6-8-22(27)9-7-19)32(11-4-12-34)16-21-14-20-13-18(3)5-10-23(20)28-26(21)35/h5-10,13-14,17,24,34H,4,11-12,15-16H2,1-3H3,(H,28,35)/t24-/m0/s1. The molecule has 0 unspecified atom stereocenters. The van der Waals surface area contributed by atoms with E-state index in [0.29, 0.717) is 37.4 Å². The number of halogens is 1. The average Bonchev–Trinajstić information content (AvgIpc) is 3.26. The molecular formula is C26H31FN6O2. The van der Waals surface area contributed by atoms with Crippen LogP contribution in [-0.4, -0.2) is 48.3 Å². The molecule has 9 heteroatoms. The summed E-state index contributed by atoms with van der Waals surface area (Å²) in [6.45, 7) is 7.57. The Balaban J connectivity index is 1.69. The van der Waals surface area contributed by atoms with Crippen LogP contribution < -0.4 is 5.56 Å². The maximum atomic E-state index is 13.4. The molecular weight excluding hydrogens is 447 g/mol. The van der Waals surface area contributed by atoms with Crippen molar-refractivity contribution in [1.29, 1.82) is 0 Å². The second-order valence-electron chi connectivity index (χ2n) is 9.27. The van der Waals surface area contributed by atoms with E-state index in [-0.39, 0.29) is 29.9 Å². The van der Waals surface area contributed by atoms with Crippen molar-refractivity contribution in [1.82, 2.24) is 30.1 Å². The quantitative estimate of drug-likeness (QED) is 0.361. The normalized spacial score (nSPS) is 12.7. The second kappa shape index (κ2) is 10.9. The lowest BCUT2D eigenvalue weighted by Crippen LogP contribution is -2.36. The number of nitrogens with one attached hydrogen (secondary N) is 1. The summed E-state index contributed by atoms with van der Waals surface area (Å²) in [7, 11) is 0. The first-order chi connectivity index (χ1) is 16.9. The fourth-order valence-electron chi connectivity index (χ4n) is 4.48. The van der Waals surface area contributed by atoms with Gasteiger partial charge in [0.25, 0.3) is 5.56 Å². The highest BCUT2D eigenvalue weighted by Crippen LogP contribution is 2.29. The minimum atomic E-state index is -0.295. The van der Waals surface area contributed by atoms with Crippen molar-refractivity contribution >= 4 is 10.9 Å². The third-order valence-electron chi connectivity index (χ3n) is 6.15. The van der Waals surface area contributed by atoms with Gasteiger partial charge in [-0.2, -0.15) is 0 Å². The minimum Gasteiger partial charge on any atom is -0.396 e. The molecule has 0 fully saturated rings. The van der Waals surface area contributed by atoms with E-state index in [4.69, 9.17) is 0 Å². The van der Waals surface area contributed by atoms with Crippen LogP contribution in [0.25, 0.3) is 10.9 Å². The van der Waals surface area contributed by atoms with Crippen LogP contribution in [0.2, 0.25) is 0 Å². The predicted octanol–water partition coefficient (Wildman–Crippen LogP) is 3.59. The van der Waals surface area contributed by atoms with E-state index in [0.717, 1.165) is 22.0 Å². The number of nitrogens with zero attached hydrogens (tertiary/aromatic N) is 5. The molecule has 0 spiro atoms. The van der Waals surface area contributed by atoms with Gasteiger partial charge < -0.3 is 10.1 Å². The summed E-state index contributed by atoms with van der Waals surface area (Å²) < 4.78 is 15.1. The van der Waals surface area contributed by atoms with Gasteiger partial charge in [-0.05, 0) is 71.0 Å². The molecule has 0 aliphatic rings. The number of aliphatic hydroxyl groups is 1. The Morgan fingerprint density at radius 3 is 2.63 bits per heavy atom. The van der Waals surface area contributed by atoms with Crippen molar-refractivity contribution in [3.63, 3.8) is 0 Å². The number of fused-ring (bicyclic) bond motifs is 1. The van der Waals surface area contributed by atoms with E-state index in [1.165, 1.54) is 12.1 Å². The number of pyridine rings is 1. The summed E-state index contributed by atoms with van der Waals surface area (Å²) in [6, 6.07) is 13.9. The molecule has 35 heavy (non-hydrogen) atoms. The van der Waals surface area contributed by atoms with E-state index in [9.17, 15) is 14.3 Å². The van der Waals surface area contributed by atoms with Gasteiger partial charge in [-0.1, -0.05) is 37.6 Å². The molecule has 1 atom stereocenters. The molecule has 4 aromatic rings. The highest BCUT2D eigenvalue weighted by atomic mass is 19.1. The second-order valence-corrected chi connectivity index (χ2v) is 9.27. The van der Waals surface area contributed by atoms with Crippen molar-refractivity contribution in [2.45, 2.75) is 46.3 Å². The van der Waals surface area contributed by atoms with Gasteiger partial charge in [0.1, 0.15) is 5.82 Å². The molecule has 8 nitrogen and oxygen atoms in total. The van der Waals surface area contributed by atoms with E-state index in [1.54, 1.807) is 16.8 Å². The van der Waals surface area contributed by atoms with Gasteiger partial charge in [0, 0.05) is 30.8 Å². The molecule has 0 radical (unpaired) electrons. The van der Waals surface area contributed by atoms with Crippen molar-refractivity contribution in [3.05, 3.63) is 87.2 Å². The van der Waals surface area contributed by atoms with E-state index in [1.807, 2.05) is 25.1 Å². The highest BCUT2D eigenvalue weighted by molar-refractivity contribution is 5.79. The monoisotopic (exact) mass is 478 g/mol. The first kappa shape index (κ1) is 24.7. The van der Waals surface area contributed by atoms with Gasteiger partial charge in [0.05, 0.1) is 12.6 Å². The summed E-state index contributed by atoms with van der Waals surface area (Å²) >= 11 is 0. The predicted molar refractivity (Wildman–Crippen MR) is 132 cm³/mol. The maximum absolute atomic E-state index is 13.4. The van der Waals surface area contributed by atoms with Crippen LogP contribution in [0, 0.1) is 18.7 Å². The molecule has 2 N–H and O–H groups in total. The number of tetrazole rings is 1. The molecule has 184 valence electrons. The van der Waals surface area contributed by atoms with Crippen LogP contribution in [0.3, 0.4) is 0 Å². The summed E-state index contributed by atoms with van der Waals surface area (Å²) in [5.41, 5.74) is 3.31. The number of hydrogen-bond acceptors (Lipinski definition) is 6. The van der Waals surface area contributed by atoms with Crippen LogP contribution in [-0.2, 0) is 13.1 Å². The SMILES string of the molecule is Cc1ccc2[nH]c(=O)c(CN(CCCO)[C@H](c3nnnn3Cc3ccc(F)cc3)C(C)C)cc2c1. The number of benzene rings is 2. The Kier molecular flexibility index (Phi) is 7.67. The van der Waals surface area contributed by atoms with Gasteiger partial charge in [0.15, 0.2) is 5.82 Å². The number of H-pyrrole nitrogens is 1. The van der Waals surface area contributed by atoms with Gasteiger partial charge in [-0.15, -0.1) is 5.10 Å². The van der Waals surface area contributed by atoms with Gasteiger partial charge in [-0.3, -0.25) is 9.69 Å². The van der Waals surface area contributed by atoms with Crippen LogP contribution in [0.4, 0.5) is 4.39 Å². The van der Waals surface area contributed by atoms with Crippen molar-refractivity contribution in [2.24, 2.45) is 5.92 Å². The molecule has 2 heterocycles. The highest BCUT2D eigenvalue weighted by Gasteiger charge is 2.29. The van der Waals surface area contributed by atoms with Crippen molar-refractivity contribution in [2.75, 3.05) is 13.2 Å². The van der Waals surface area contributed by atoms with Crippen LogP contribution in [0.5, 0.6) is 0 Å². The molecule has 2 aromatic heterocycles. The maximum Gasteiger partial charge on any atom is 0.252 e. The number of rotatable bonds is 10. The molecule has 0 saturated carbocycles. The number of hydrogen-bond donors (Lipinski definition) is 2. The zero-order valence-electron chi connectivity index (χ0n) is 20.3. The zero-order valence-corrected chi connectivity index (χ0v) is 20.3. The number of aryl methyl sites for hydroxylation is 1. The number of aliphatic hydroxyl groups excluding tert-OH is 1. The van der Waals surface area contributed by atoms with Gasteiger partial charge >= 0.3 is 0 Å². The summed E-state index contributed by atoms with van der Waals surface area (Å²) in [5, 5.41) is 23.0. The van der Waals surface area contributed by atoms with Gasteiger partial charge in [0.2, 0.25) is 0 Å². The number of aromatic amines is 1. The molecule has 2 aromatic carbocycles. The van der Waals surface area contributed by atoms with Gasteiger partial charge in [-0.25, -0.2) is 9.07 Å². The lowest BCUT2D eigenvalue weighted by atomic mass is 10.00. The van der Waals surface area contributed by atoms with Crippen molar-refractivity contribution < 1.29 is 9.50 Å². The molecule has 0 aliphatic heterocycles. The zero-order chi connectivity index (χ0) is 24.9. The summed E-state index contributed by atoms with van der Waals surface area (Å²) in [6.07, 6.45) is 0.549. The van der Waals surface area contributed by atoms with Crippen molar-refractivity contribution in [3.8, 4) is 0 Å². The molecule has 0 aliphatic carbocycles. The Morgan fingerprint density at radius 1 is 1.14 bits per heavy atom. The molecule has 0 bridgehead atoms. The van der Waals surface area contributed by atoms with Crippen LogP contribution in [0.1, 0.15) is 48.8 Å². The van der Waals surface area contributed by atoms with E-state index in [2.05, 4.69) is 45.3 Å². The first-order valence-corrected chi connectivity index (χ1v) is 11.8. The van der Waals surface area contributed by atoms with Crippen LogP contribution in [0.15, 0.2) is 53.3 Å². The Hall–Kier alpha value is -3.43. The Labute approximate surface area is 203 Å². The third-order valence-corrected chi connectivity index (χ3v) is 6.15. The fourth-order valence-corrected chi connectivity index (χ4v) is 4.48. The minimum absolute atomic E-state index is 0.0368. The third kappa shape index (κ3) is 5.80. The molecule has 4 rings (SSSR count). The molecule has 0 amide bonds.